The summed E-state index contributed by atoms with van der Waals surface area (Å²) < 4.78 is 87.4. The summed E-state index contributed by atoms with van der Waals surface area (Å²) in [6.07, 6.45) is -1.64. The molecule has 0 saturated carbocycles. The SMILES string of the molecule is CS(=O)(=O)N[C@H](CCC1CCNCC1)C(=O)N1C[C@H](OCc2ccc(Br)cc2F)C[C@@H]1C(=O)NCc1cccc(C(F)(F)F)c1. The van der Waals surface area contributed by atoms with Crippen LogP contribution >= 0.6 is 15.9 Å². The molecular weight excluding hydrogens is 684 g/mol. The van der Waals surface area contributed by atoms with E-state index >= 15 is 0 Å². The van der Waals surface area contributed by atoms with Crippen LogP contribution in [0.4, 0.5) is 17.6 Å². The summed E-state index contributed by atoms with van der Waals surface area (Å²) in [5.41, 5.74) is -0.373. The van der Waals surface area contributed by atoms with E-state index in [1.807, 2.05) is 0 Å². The standard InChI is InChI=1S/C30H37BrF4N4O5S/c1-45(42,43)38-26(8-5-19-9-11-36-12-10-19)29(41)39-17-24(44-18-21-6-7-23(31)14-25(21)32)15-27(39)28(40)37-16-20-3-2-4-22(13-20)30(33,34)35/h2-4,6-7,13-14,19,24,26-27,36,38H,5,8-12,15-18H2,1H3,(H,37,40)/t24-,26-,27-/m1/s1. The van der Waals surface area contributed by atoms with Crippen molar-refractivity contribution in [3.63, 3.8) is 0 Å². The maximum atomic E-state index is 14.4. The van der Waals surface area contributed by atoms with Gasteiger partial charge in [0.05, 0.1) is 24.5 Å². The Kier molecular flexibility index (Phi) is 12.0. The van der Waals surface area contributed by atoms with Crippen LogP contribution < -0.4 is 15.4 Å². The molecule has 0 aromatic heterocycles. The highest BCUT2D eigenvalue weighted by molar-refractivity contribution is 9.10. The van der Waals surface area contributed by atoms with Gasteiger partial charge in [-0.25, -0.2) is 17.5 Å². The zero-order valence-corrected chi connectivity index (χ0v) is 27.1. The number of hydrogen-bond donors (Lipinski definition) is 3. The van der Waals surface area contributed by atoms with Gasteiger partial charge in [0.15, 0.2) is 0 Å². The lowest BCUT2D eigenvalue weighted by atomic mass is 9.91. The summed E-state index contributed by atoms with van der Waals surface area (Å²) in [5.74, 6) is -1.42. The fourth-order valence-electron chi connectivity index (χ4n) is 5.69. The molecule has 0 unspecified atom stereocenters. The van der Waals surface area contributed by atoms with Crippen molar-refractivity contribution in [2.45, 2.75) is 69.6 Å². The molecule has 0 spiro atoms. The van der Waals surface area contributed by atoms with Gasteiger partial charge in [-0.2, -0.15) is 13.2 Å². The van der Waals surface area contributed by atoms with Crippen molar-refractivity contribution >= 4 is 37.8 Å². The van der Waals surface area contributed by atoms with Crippen LogP contribution in [-0.4, -0.2) is 69.2 Å². The lowest BCUT2D eigenvalue weighted by molar-refractivity contribution is -0.140. The Morgan fingerprint density at radius 3 is 2.56 bits per heavy atom. The Bertz CT molecular complexity index is 1460. The molecule has 2 fully saturated rings. The quantitative estimate of drug-likeness (QED) is 0.285. The molecule has 45 heavy (non-hydrogen) atoms. The molecule has 15 heteroatoms. The summed E-state index contributed by atoms with van der Waals surface area (Å²) in [6, 6.07) is 6.81. The number of sulfonamides is 1. The van der Waals surface area contributed by atoms with Crippen molar-refractivity contribution in [1.29, 1.82) is 0 Å². The van der Waals surface area contributed by atoms with Gasteiger partial charge in [-0.1, -0.05) is 34.1 Å². The second-order valence-corrected chi connectivity index (χ2v) is 14.2. The first-order valence-electron chi connectivity index (χ1n) is 14.7. The number of alkyl halides is 3. The Balaban J connectivity index is 1.51. The molecule has 248 valence electrons. The number of nitrogens with one attached hydrogen (secondary N) is 3. The minimum absolute atomic E-state index is 0.0260. The maximum absolute atomic E-state index is 14.4. The van der Waals surface area contributed by atoms with Gasteiger partial charge in [-0.05, 0) is 74.5 Å². The van der Waals surface area contributed by atoms with Crippen molar-refractivity contribution in [1.82, 2.24) is 20.3 Å². The number of benzene rings is 2. The van der Waals surface area contributed by atoms with Gasteiger partial charge in [0, 0.05) is 29.5 Å². The summed E-state index contributed by atoms with van der Waals surface area (Å²) in [6.45, 7) is 1.25. The second-order valence-electron chi connectivity index (χ2n) is 11.5. The average molecular weight is 722 g/mol. The van der Waals surface area contributed by atoms with Gasteiger partial charge in [0.2, 0.25) is 21.8 Å². The molecule has 0 bridgehead atoms. The molecule has 3 N–H and O–H groups in total. The third-order valence-electron chi connectivity index (χ3n) is 8.04. The van der Waals surface area contributed by atoms with E-state index in [0.29, 0.717) is 16.8 Å². The lowest BCUT2D eigenvalue weighted by Crippen LogP contribution is -2.53. The highest BCUT2D eigenvalue weighted by atomic mass is 79.9. The molecular formula is C30H37BrF4N4O5S. The first-order valence-corrected chi connectivity index (χ1v) is 17.4. The van der Waals surface area contributed by atoms with Crippen molar-refractivity contribution in [3.05, 3.63) is 69.4 Å². The molecule has 2 aromatic carbocycles. The van der Waals surface area contributed by atoms with Crippen molar-refractivity contribution < 1.29 is 40.3 Å². The minimum Gasteiger partial charge on any atom is -0.371 e. The van der Waals surface area contributed by atoms with Gasteiger partial charge < -0.3 is 20.3 Å². The van der Waals surface area contributed by atoms with Crippen molar-refractivity contribution in [2.75, 3.05) is 25.9 Å². The molecule has 4 rings (SSSR count). The number of hydrogen-bond acceptors (Lipinski definition) is 6. The van der Waals surface area contributed by atoms with Crippen LogP contribution in [0, 0.1) is 11.7 Å². The molecule has 2 aliphatic rings. The average Bonchev–Trinajstić information content (AvgIpc) is 3.41. The summed E-state index contributed by atoms with van der Waals surface area (Å²) in [7, 11) is -3.80. The monoisotopic (exact) mass is 720 g/mol. The lowest BCUT2D eigenvalue weighted by Gasteiger charge is -2.30. The third kappa shape index (κ3) is 10.5. The largest absolute Gasteiger partial charge is 0.416 e. The highest BCUT2D eigenvalue weighted by Crippen LogP contribution is 2.30. The molecule has 2 heterocycles. The number of carbonyl (C=O) groups is 2. The highest BCUT2D eigenvalue weighted by Gasteiger charge is 2.43. The van der Waals surface area contributed by atoms with Crippen LogP contribution in [0.25, 0.3) is 0 Å². The van der Waals surface area contributed by atoms with E-state index in [9.17, 15) is 35.6 Å². The Morgan fingerprint density at radius 1 is 1.16 bits per heavy atom. The molecule has 2 saturated heterocycles. The van der Waals surface area contributed by atoms with Crippen LogP contribution in [0.2, 0.25) is 0 Å². The maximum Gasteiger partial charge on any atom is 0.416 e. The normalized spacial score (nSPS) is 20.3. The summed E-state index contributed by atoms with van der Waals surface area (Å²) >= 11 is 3.20. The Morgan fingerprint density at radius 2 is 1.89 bits per heavy atom. The first-order chi connectivity index (χ1) is 21.2. The van der Waals surface area contributed by atoms with E-state index in [1.54, 1.807) is 12.1 Å². The van der Waals surface area contributed by atoms with Crippen LogP contribution in [0.3, 0.4) is 0 Å². The number of piperidine rings is 1. The van der Waals surface area contributed by atoms with E-state index < -0.39 is 57.6 Å². The number of ether oxygens (including phenoxy) is 1. The van der Waals surface area contributed by atoms with E-state index in [1.165, 1.54) is 23.1 Å². The molecule has 3 atom stereocenters. The molecule has 0 aliphatic carbocycles. The predicted molar refractivity (Wildman–Crippen MR) is 163 cm³/mol. The van der Waals surface area contributed by atoms with E-state index in [2.05, 4.69) is 31.3 Å². The molecule has 2 aromatic rings. The third-order valence-corrected chi connectivity index (χ3v) is 9.24. The van der Waals surface area contributed by atoms with Crippen LogP contribution in [0.5, 0.6) is 0 Å². The summed E-state index contributed by atoms with van der Waals surface area (Å²) in [4.78, 5) is 28.6. The zero-order valence-electron chi connectivity index (χ0n) is 24.7. The van der Waals surface area contributed by atoms with Gasteiger partial charge in [-0.3, -0.25) is 9.59 Å². The van der Waals surface area contributed by atoms with Crippen LogP contribution in [0.15, 0.2) is 46.9 Å². The number of rotatable bonds is 12. The van der Waals surface area contributed by atoms with E-state index in [-0.39, 0.29) is 43.7 Å². The number of nitrogens with zero attached hydrogens (tertiary/aromatic N) is 1. The first kappa shape index (κ1) is 35.3. The van der Waals surface area contributed by atoms with Gasteiger partial charge >= 0.3 is 6.18 Å². The Hall–Kier alpha value is -2.59. The van der Waals surface area contributed by atoms with E-state index in [0.717, 1.165) is 44.3 Å². The fraction of sp³-hybridized carbons (Fsp3) is 0.533. The van der Waals surface area contributed by atoms with Gasteiger partial charge in [0.1, 0.15) is 17.9 Å². The molecule has 2 amide bonds. The fourth-order valence-corrected chi connectivity index (χ4v) is 6.75. The molecule has 2 aliphatic heterocycles. The predicted octanol–water partition coefficient (Wildman–Crippen LogP) is 4.11. The van der Waals surface area contributed by atoms with Crippen LogP contribution in [0.1, 0.15) is 48.8 Å². The van der Waals surface area contributed by atoms with E-state index in [4.69, 9.17) is 4.74 Å². The zero-order chi connectivity index (χ0) is 32.8. The van der Waals surface area contributed by atoms with Gasteiger partial charge in [-0.15, -0.1) is 0 Å². The Labute approximate surface area is 268 Å². The van der Waals surface area contributed by atoms with Gasteiger partial charge in [0.25, 0.3) is 0 Å². The number of halogens is 5. The number of amides is 2. The van der Waals surface area contributed by atoms with Crippen molar-refractivity contribution in [2.24, 2.45) is 5.92 Å². The molecule has 0 radical (unpaired) electrons. The van der Waals surface area contributed by atoms with Crippen LogP contribution in [-0.2, 0) is 43.7 Å². The minimum atomic E-state index is -4.55. The number of likely N-dealkylation sites (tertiary alicyclic amines) is 1. The number of carbonyl (C=O) groups excluding carboxylic acids is 2. The second kappa shape index (κ2) is 15.3. The molecule has 9 nitrogen and oxygen atoms in total. The van der Waals surface area contributed by atoms with Crippen molar-refractivity contribution in [3.8, 4) is 0 Å². The summed E-state index contributed by atoms with van der Waals surface area (Å²) in [5, 5.41) is 5.89. The smallest absolute Gasteiger partial charge is 0.371 e. The topological polar surface area (TPSA) is 117 Å².